The molecule has 1 heterocycles. The summed E-state index contributed by atoms with van der Waals surface area (Å²) in [6, 6.07) is 8.14. The molecule has 0 unspecified atom stereocenters. The molecule has 0 saturated heterocycles. The Labute approximate surface area is 152 Å². The fourth-order valence-electron chi connectivity index (χ4n) is 2.70. The molecule has 2 aromatic carbocycles. The number of nitrogens with one attached hydrogen (secondary N) is 1. The van der Waals surface area contributed by atoms with Gasteiger partial charge in [0.25, 0.3) is 17.7 Å². The third-order valence-electron chi connectivity index (χ3n) is 3.99. The first-order valence-electron chi connectivity index (χ1n) is 7.82. The highest BCUT2D eigenvalue weighted by Crippen LogP contribution is 2.31. The number of nitrogens with zero attached hydrogens (tertiary/aromatic N) is 1. The molecule has 0 bridgehead atoms. The summed E-state index contributed by atoms with van der Waals surface area (Å²) >= 11 is 0. The number of hydrogen-bond acceptors (Lipinski definition) is 3. The Bertz CT molecular complexity index is 967. The first-order chi connectivity index (χ1) is 12.7. The number of hydrogen-bond donors (Lipinski definition) is 1. The molecular formula is C19H13F3N2O3. The van der Waals surface area contributed by atoms with E-state index in [1.807, 2.05) is 0 Å². The molecule has 3 amide bonds. The predicted molar refractivity (Wildman–Crippen MR) is 91.4 cm³/mol. The number of carbonyl (C=O) groups is 3. The summed E-state index contributed by atoms with van der Waals surface area (Å²) in [5, 5.41) is 2.36. The second-order valence-electron chi connectivity index (χ2n) is 5.80. The number of amides is 3. The molecule has 8 heteroatoms. The number of benzene rings is 2. The molecule has 138 valence electrons. The molecule has 0 aliphatic carbocycles. The van der Waals surface area contributed by atoms with Crippen LogP contribution in [0.5, 0.6) is 0 Å². The fourth-order valence-corrected chi connectivity index (χ4v) is 2.70. The number of fused-ring (bicyclic) bond motifs is 1. The first-order valence-corrected chi connectivity index (χ1v) is 7.82. The Balaban J connectivity index is 1.85. The van der Waals surface area contributed by atoms with Crippen LogP contribution in [0.25, 0.3) is 0 Å². The number of anilines is 1. The van der Waals surface area contributed by atoms with E-state index in [0.717, 1.165) is 17.0 Å². The van der Waals surface area contributed by atoms with Crippen molar-refractivity contribution in [3.8, 4) is 0 Å². The van der Waals surface area contributed by atoms with Gasteiger partial charge in [0.15, 0.2) is 0 Å². The summed E-state index contributed by atoms with van der Waals surface area (Å²) in [4.78, 5) is 37.8. The maximum Gasteiger partial charge on any atom is 0.416 e. The van der Waals surface area contributed by atoms with Crippen LogP contribution in [0.4, 0.5) is 18.9 Å². The van der Waals surface area contributed by atoms with Gasteiger partial charge in [-0.15, -0.1) is 6.58 Å². The Kier molecular flexibility index (Phi) is 4.57. The summed E-state index contributed by atoms with van der Waals surface area (Å²) < 4.78 is 38.3. The Hall–Kier alpha value is -3.42. The number of rotatable bonds is 4. The minimum absolute atomic E-state index is 0.0361. The third kappa shape index (κ3) is 3.46. The van der Waals surface area contributed by atoms with E-state index in [1.165, 1.54) is 36.4 Å². The van der Waals surface area contributed by atoms with Gasteiger partial charge in [-0.3, -0.25) is 19.3 Å². The molecule has 0 aromatic heterocycles. The molecular weight excluding hydrogens is 361 g/mol. The van der Waals surface area contributed by atoms with Gasteiger partial charge in [-0.2, -0.15) is 13.2 Å². The smallest absolute Gasteiger partial charge is 0.322 e. The van der Waals surface area contributed by atoms with Crippen LogP contribution < -0.4 is 5.32 Å². The first kappa shape index (κ1) is 18.4. The van der Waals surface area contributed by atoms with Gasteiger partial charge in [0, 0.05) is 17.8 Å². The zero-order valence-electron chi connectivity index (χ0n) is 13.8. The number of alkyl halides is 3. The maximum absolute atomic E-state index is 12.8. The Morgan fingerprint density at radius 3 is 2.44 bits per heavy atom. The Morgan fingerprint density at radius 2 is 1.78 bits per heavy atom. The molecule has 1 N–H and O–H groups in total. The van der Waals surface area contributed by atoms with Crippen molar-refractivity contribution in [3.63, 3.8) is 0 Å². The van der Waals surface area contributed by atoms with E-state index in [1.54, 1.807) is 0 Å². The minimum atomic E-state index is -4.53. The summed E-state index contributed by atoms with van der Waals surface area (Å²) in [5.41, 5.74) is -0.648. The van der Waals surface area contributed by atoms with Crippen LogP contribution in [0, 0.1) is 0 Å². The lowest BCUT2D eigenvalue weighted by Crippen LogP contribution is -2.29. The van der Waals surface area contributed by atoms with Crippen molar-refractivity contribution >= 4 is 23.4 Å². The van der Waals surface area contributed by atoms with Crippen molar-refractivity contribution in [2.75, 3.05) is 11.9 Å². The summed E-state index contributed by atoms with van der Waals surface area (Å²) in [7, 11) is 0. The molecule has 0 saturated carbocycles. The van der Waals surface area contributed by atoms with Crippen LogP contribution in [0.3, 0.4) is 0 Å². The second kappa shape index (κ2) is 6.71. The minimum Gasteiger partial charge on any atom is -0.322 e. The van der Waals surface area contributed by atoms with Gasteiger partial charge >= 0.3 is 6.18 Å². The van der Waals surface area contributed by atoms with Gasteiger partial charge in [0.2, 0.25) is 0 Å². The van der Waals surface area contributed by atoms with Crippen LogP contribution in [-0.2, 0) is 6.18 Å². The maximum atomic E-state index is 12.8. The number of carbonyl (C=O) groups excluding carboxylic acids is 3. The molecule has 0 radical (unpaired) electrons. The van der Waals surface area contributed by atoms with E-state index in [9.17, 15) is 27.6 Å². The van der Waals surface area contributed by atoms with E-state index in [-0.39, 0.29) is 28.9 Å². The van der Waals surface area contributed by atoms with E-state index in [2.05, 4.69) is 11.9 Å². The lowest BCUT2D eigenvalue weighted by atomic mass is 10.1. The second-order valence-corrected chi connectivity index (χ2v) is 5.80. The predicted octanol–water partition coefficient (Wildman–Crippen LogP) is 3.74. The van der Waals surface area contributed by atoms with Crippen molar-refractivity contribution in [2.45, 2.75) is 6.18 Å². The lowest BCUT2D eigenvalue weighted by molar-refractivity contribution is -0.137. The summed E-state index contributed by atoms with van der Waals surface area (Å²) in [5.74, 6) is -1.73. The number of imide groups is 1. The van der Waals surface area contributed by atoms with Crippen LogP contribution in [0.1, 0.15) is 36.6 Å². The molecule has 2 aromatic rings. The molecule has 5 nitrogen and oxygen atoms in total. The van der Waals surface area contributed by atoms with Crippen LogP contribution in [0.2, 0.25) is 0 Å². The van der Waals surface area contributed by atoms with E-state index < -0.39 is 29.5 Å². The van der Waals surface area contributed by atoms with Crippen molar-refractivity contribution in [1.82, 2.24) is 4.90 Å². The van der Waals surface area contributed by atoms with Crippen LogP contribution in [-0.4, -0.2) is 29.2 Å². The SMILES string of the molecule is C=CCN1C(=O)c2ccc(C(=O)Nc3cccc(C(F)(F)F)c3)cc2C1=O. The molecule has 27 heavy (non-hydrogen) atoms. The van der Waals surface area contributed by atoms with Crippen LogP contribution in [0.15, 0.2) is 55.1 Å². The monoisotopic (exact) mass is 374 g/mol. The van der Waals surface area contributed by atoms with Crippen LogP contribution >= 0.6 is 0 Å². The van der Waals surface area contributed by atoms with E-state index in [4.69, 9.17) is 0 Å². The normalized spacial score (nSPS) is 13.5. The summed E-state index contributed by atoms with van der Waals surface area (Å²) in [6.07, 6.45) is -3.13. The molecule has 1 aliphatic rings. The molecule has 1 aliphatic heterocycles. The highest BCUT2D eigenvalue weighted by molar-refractivity contribution is 6.22. The van der Waals surface area contributed by atoms with Crippen molar-refractivity contribution < 1.29 is 27.6 Å². The number of halogens is 3. The van der Waals surface area contributed by atoms with Gasteiger partial charge in [0.05, 0.1) is 16.7 Å². The molecule has 3 rings (SSSR count). The highest BCUT2D eigenvalue weighted by Gasteiger charge is 2.35. The van der Waals surface area contributed by atoms with Gasteiger partial charge in [-0.05, 0) is 36.4 Å². The van der Waals surface area contributed by atoms with Crippen molar-refractivity contribution in [2.24, 2.45) is 0 Å². The molecule has 0 spiro atoms. The zero-order valence-corrected chi connectivity index (χ0v) is 13.8. The van der Waals surface area contributed by atoms with Crippen molar-refractivity contribution in [1.29, 1.82) is 0 Å². The third-order valence-corrected chi connectivity index (χ3v) is 3.99. The highest BCUT2D eigenvalue weighted by atomic mass is 19.4. The van der Waals surface area contributed by atoms with Gasteiger partial charge in [0.1, 0.15) is 0 Å². The molecule has 0 atom stereocenters. The van der Waals surface area contributed by atoms with Gasteiger partial charge in [-0.25, -0.2) is 0 Å². The fraction of sp³-hybridized carbons (Fsp3) is 0.105. The topological polar surface area (TPSA) is 66.5 Å². The Morgan fingerprint density at radius 1 is 1.07 bits per heavy atom. The van der Waals surface area contributed by atoms with Crippen molar-refractivity contribution in [3.05, 3.63) is 77.4 Å². The average molecular weight is 374 g/mol. The molecule has 0 fully saturated rings. The zero-order chi connectivity index (χ0) is 19.8. The summed E-state index contributed by atoms with van der Waals surface area (Å²) in [6.45, 7) is 3.52. The standard InChI is InChI=1S/C19H13F3N2O3/c1-2-8-24-17(26)14-7-6-11(9-15(14)18(24)27)16(25)23-13-5-3-4-12(10-13)19(20,21)22/h2-7,9-10H,1,8H2,(H,23,25). The quantitative estimate of drug-likeness (QED) is 0.655. The van der Waals surface area contributed by atoms with E-state index >= 15 is 0 Å². The van der Waals surface area contributed by atoms with E-state index in [0.29, 0.717) is 0 Å². The van der Waals surface area contributed by atoms with Gasteiger partial charge < -0.3 is 5.32 Å². The lowest BCUT2D eigenvalue weighted by Gasteiger charge is -2.10. The largest absolute Gasteiger partial charge is 0.416 e. The average Bonchev–Trinajstić information content (AvgIpc) is 2.86. The van der Waals surface area contributed by atoms with Gasteiger partial charge in [-0.1, -0.05) is 12.1 Å².